The highest BCUT2D eigenvalue weighted by molar-refractivity contribution is 5.91. The molecule has 0 amide bonds. The summed E-state index contributed by atoms with van der Waals surface area (Å²) in [6.45, 7) is 6.47. The van der Waals surface area contributed by atoms with Crippen molar-refractivity contribution >= 4 is 16.9 Å². The van der Waals surface area contributed by atoms with Crippen molar-refractivity contribution in [3.8, 4) is 17.2 Å². The molecule has 2 aliphatic heterocycles. The molecular weight excluding hydrogens is 508 g/mol. The van der Waals surface area contributed by atoms with E-state index >= 15 is 0 Å². The normalized spacial score (nSPS) is 27.9. The molecule has 2 fully saturated rings. The molecule has 6 atom stereocenters. The van der Waals surface area contributed by atoms with E-state index in [2.05, 4.69) is 41.9 Å². The molecule has 6 unspecified atom stereocenters. The summed E-state index contributed by atoms with van der Waals surface area (Å²) in [5.41, 5.74) is 5.77. The van der Waals surface area contributed by atoms with Crippen molar-refractivity contribution in [3.63, 3.8) is 0 Å². The van der Waals surface area contributed by atoms with Gasteiger partial charge in [-0.3, -0.25) is 4.90 Å². The predicted octanol–water partition coefficient (Wildman–Crippen LogP) is 5.32. The first-order valence-electron chi connectivity index (χ1n) is 14.3. The lowest BCUT2D eigenvalue weighted by atomic mass is 9.64. The number of fused-ring (bicyclic) bond motifs is 6. The predicted molar refractivity (Wildman–Crippen MR) is 153 cm³/mol. The van der Waals surface area contributed by atoms with Gasteiger partial charge < -0.3 is 28.7 Å². The van der Waals surface area contributed by atoms with Crippen molar-refractivity contribution in [3.05, 3.63) is 52.7 Å². The largest absolute Gasteiger partial charge is 0.493 e. The Morgan fingerprint density at radius 2 is 1.75 bits per heavy atom. The monoisotopic (exact) mass is 548 g/mol. The summed E-state index contributed by atoms with van der Waals surface area (Å²) in [6.07, 6.45) is 2.42. The number of methoxy groups -OCH3 is 4. The standard InChI is InChI=1S/C32H40N2O6/c1-17-7-8-21-22-9-10-34-16-20-14-28(40-32(35)19-12-26(36-3)31(39-6)27(13-19)37-4)30(38-5)18(2)23(20)15-25(34)29(22)33-24(21)11-17/h7-8,11-13,18,20,23,25,28,30,33H,9-10,14-16H2,1-6H3. The molecule has 1 saturated heterocycles. The molecule has 8 nitrogen and oxygen atoms in total. The van der Waals surface area contributed by atoms with Crippen LogP contribution in [0.25, 0.3) is 10.9 Å². The highest BCUT2D eigenvalue weighted by Gasteiger charge is 2.50. The molecule has 3 aromatic rings. The van der Waals surface area contributed by atoms with Gasteiger partial charge in [-0.15, -0.1) is 0 Å². The summed E-state index contributed by atoms with van der Waals surface area (Å²) in [7, 11) is 6.34. The van der Waals surface area contributed by atoms with E-state index in [0.717, 1.165) is 32.4 Å². The maximum atomic E-state index is 13.4. The Kier molecular flexibility index (Phi) is 7.17. The summed E-state index contributed by atoms with van der Waals surface area (Å²) < 4.78 is 28.5. The zero-order chi connectivity index (χ0) is 28.1. The van der Waals surface area contributed by atoms with Crippen LogP contribution in [0.5, 0.6) is 17.2 Å². The number of hydrogen-bond donors (Lipinski definition) is 1. The number of carbonyl (C=O) groups excluding carboxylic acids is 1. The average molecular weight is 549 g/mol. The molecule has 1 aromatic heterocycles. The first-order chi connectivity index (χ1) is 19.4. The molecule has 3 aliphatic rings. The minimum atomic E-state index is -0.415. The van der Waals surface area contributed by atoms with Crippen LogP contribution in [0.3, 0.4) is 0 Å². The van der Waals surface area contributed by atoms with Crippen molar-refractivity contribution in [2.24, 2.45) is 17.8 Å². The number of ether oxygens (including phenoxy) is 5. The highest BCUT2D eigenvalue weighted by Crippen LogP contribution is 2.50. The fraction of sp³-hybridized carbons (Fsp3) is 0.531. The third-order valence-electron chi connectivity index (χ3n) is 9.61. The van der Waals surface area contributed by atoms with Crippen molar-refractivity contribution in [2.75, 3.05) is 41.5 Å². The van der Waals surface area contributed by atoms with E-state index in [1.807, 2.05) is 0 Å². The maximum Gasteiger partial charge on any atom is 0.338 e. The molecule has 8 heteroatoms. The van der Waals surface area contributed by atoms with Crippen molar-refractivity contribution in [2.45, 2.75) is 51.4 Å². The lowest BCUT2D eigenvalue weighted by Gasteiger charge is -2.53. The van der Waals surface area contributed by atoms with Gasteiger partial charge in [0.1, 0.15) is 6.10 Å². The minimum absolute atomic E-state index is 0.174. The zero-order valence-corrected chi connectivity index (χ0v) is 24.3. The quantitative estimate of drug-likeness (QED) is 0.418. The van der Waals surface area contributed by atoms with E-state index in [0.29, 0.717) is 40.7 Å². The number of nitrogens with zero attached hydrogens (tertiary/aromatic N) is 1. The van der Waals surface area contributed by atoms with Gasteiger partial charge in [0.15, 0.2) is 11.5 Å². The lowest BCUT2D eigenvalue weighted by molar-refractivity contribution is -0.131. The van der Waals surface area contributed by atoms with Crippen LogP contribution in [0, 0.1) is 24.7 Å². The molecule has 1 N–H and O–H groups in total. The lowest BCUT2D eigenvalue weighted by Crippen LogP contribution is -2.55. The van der Waals surface area contributed by atoms with Crippen LogP contribution in [0.2, 0.25) is 0 Å². The zero-order valence-electron chi connectivity index (χ0n) is 24.3. The molecule has 6 rings (SSSR count). The van der Waals surface area contributed by atoms with Crippen molar-refractivity contribution < 1.29 is 28.5 Å². The molecule has 2 aromatic carbocycles. The molecular formula is C32H40N2O6. The first kappa shape index (κ1) is 27.0. The molecule has 0 bridgehead atoms. The second kappa shape index (κ2) is 10.6. The third-order valence-corrected chi connectivity index (χ3v) is 9.61. The van der Waals surface area contributed by atoms with Gasteiger partial charge >= 0.3 is 5.97 Å². The number of benzene rings is 2. The van der Waals surface area contributed by atoms with E-state index in [1.54, 1.807) is 26.4 Å². The Bertz CT molecular complexity index is 1390. The topological polar surface area (TPSA) is 82.3 Å². The Morgan fingerprint density at radius 3 is 2.42 bits per heavy atom. The Morgan fingerprint density at radius 1 is 1.00 bits per heavy atom. The van der Waals surface area contributed by atoms with Gasteiger partial charge in [0.2, 0.25) is 5.75 Å². The Balaban J connectivity index is 1.23. The van der Waals surface area contributed by atoms with Crippen molar-refractivity contribution in [1.82, 2.24) is 9.88 Å². The van der Waals surface area contributed by atoms with Gasteiger partial charge in [0.25, 0.3) is 0 Å². The summed E-state index contributed by atoms with van der Waals surface area (Å²) in [5.74, 6) is 2.04. The summed E-state index contributed by atoms with van der Waals surface area (Å²) in [6, 6.07) is 10.4. The molecule has 1 saturated carbocycles. The van der Waals surface area contributed by atoms with Gasteiger partial charge in [-0.2, -0.15) is 0 Å². The summed E-state index contributed by atoms with van der Waals surface area (Å²) in [5, 5.41) is 1.37. The summed E-state index contributed by atoms with van der Waals surface area (Å²) in [4.78, 5) is 19.8. The van der Waals surface area contributed by atoms with Crippen LogP contribution in [0.15, 0.2) is 30.3 Å². The second-order valence-electron chi connectivity index (χ2n) is 11.6. The van der Waals surface area contributed by atoms with Gasteiger partial charge in [-0.1, -0.05) is 19.1 Å². The fourth-order valence-electron chi connectivity index (χ4n) is 7.70. The number of aromatic amines is 1. The number of nitrogens with one attached hydrogen (secondary N) is 1. The molecule has 0 radical (unpaired) electrons. The third kappa shape index (κ3) is 4.41. The Hall–Kier alpha value is -3.23. The van der Waals surface area contributed by atoms with Crippen LogP contribution in [0.4, 0.5) is 0 Å². The van der Waals surface area contributed by atoms with Crippen molar-refractivity contribution in [1.29, 1.82) is 0 Å². The Labute approximate surface area is 235 Å². The van der Waals surface area contributed by atoms with E-state index in [9.17, 15) is 4.79 Å². The SMILES string of the molecule is COc1cc(C(=O)OC2CC3CN4CCc5c([nH]c6cc(C)ccc56)C4CC3C(C)C2OC)cc(OC)c1OC. The number of piperidine rings is 1. The molecule has 40 heavy (non-hydrogen) atoms. The first-order valence-corrected chi connectivity index (χ1v) is 14.3. The van der Waals surface area contributed by atoms with Crippen LogP contribution < -0.4 is 14.2 Å². The molecule has 214 valence electrons. The average Bonchev–Trinajstić information content (AvgIpc) is 3.33. The van der Waals surface area contributed by atoms with Crippen LogP contribution in [-0.2, 0) is 15.9 Å². The van der Waals surface area contributed by atoms with Gasteiger partial charge in [-0.25, -0.2) is 4.79 Å². The van der Waals surface area contributed by atoms with E-state index in [1.165, 1.54) is 41.9 Å². The van der Waals surface area contributed by atoms with E-state index < -0.39 is 5.97 Å². The van der Waals surface area contributed by atoms with Crippen LogP contribution in [-0.4, -0.2) is 69.6 Å². The van der Waals surface area contributed by atoms with Gasteiger partial charge in [-0.05, 0) is 73.3 Å². The fourth-order valence-corrected chi connectivity index (χ4v) is 7.70. The summed E-state index contributed by atoms with van der Waals surface area (Å²) >= 11 is 0. The van der Waals surface area contributed by atoms with E-state index in [-0.39, 0.29) is 18.1 Å². The molecule has 0 spiro atoms. The molecule has 1 aliphatic carbocycles. The number of aromatic nitrogens is 1. The molecule has 3 heterocycles. The van der Waals surface area contributed by atoms with E-state index in [4.69, 9.17) is 23.7 Å². The number of H-pyrrole nitrogens is 1. The van der Waals surface area contributed by atoms with Crippen LogP contribution in [0.1, 0.15) is 53.0 Å². The maximum absolute atomic E-state index is 13.4. The second-order valence-corrected chi connectivity index (χ2v) is 11.6. The van der Waals surface area contributed by atoms with Crippen LogP contribution >= 0.6 is 0 Å². The minimum Gasteiger partial charge on any atom is -0.493 e. The smallest absolute Gasteiger partial charge is 0.338 e. The number of aryl methyl sites for hydroxylation is 1. The van der Waals surface area contributed by atoms with Gasteiger partial charge in [0, 0.05) is 36.8 Å². The number of carbonyl (C=O) groups is 1. The highest BCUT2D eigenvalue weighted by atomic mass is 16.6. The van der Waals surface area contributed by atoms with Gasteiger partial charge in [0.05, 0.1) is 39.0 Å². The number of esters is 1. The number of rotatable bonds is 6. The number of hydrogen-bond acceptors (Lipinski definition) is 7.